The summed E-state index contributed by atoms with van der Waals surface area (Å²) in [7, 11) is 0. The van der Waals surface area contributed by atoms with Gasteiger partial charge in [-0.3, -0.25) is 4.79 Å². The van der Waals surface area contributed by atoms with Gasteiger partial charge in [0.15, 0.2) is 6.29 Å². The van der Waals surface area contributed by atoms with Crippen molar-refractivity contribution in [2.75, 3.05) is 13.2 Å². The molecule has 0 aliphatic carbocycles. The zero-order chi connectivity index (χ0) is 15.5. The highest BCUT2D eigenvalue weighted by Gasteiger charge is 2.36. The minimum Gasteiger partial charge on any atom is -0.457 e. The van der Waals surface area contributed by atoms with Gasteiger partial charge in [-0.15, -0.1) is 0 Å². The van der Waals surface area contributed by atoms with E-state index >= 15 is 0 Å². The summed E-state index contributed by atoms with van der Waals surface area (Å²) in [6, 6.07) is 9.75. The molecule has 4 heteroatoms. The van der Waals surface area contributed by atoms with Gasteiger partial charge in [0.05, 0.1) is 18.6 Å². The molecule has 1 saturated heterocycles. The van der Waals surface area contributed by atoms with Crippen LogP contribution >= 0.6 is 0 Å². The molecule has 0 N–H and O–H groups in total. The van der Waals surface area contributed by atoms with E-state index in [1.807, 2.05) is 58.0 Å². The molecule has 116 valence electrons. The number of ether oxygens (including phenoxy) is 3. The Bertz CT molecular complexity index is 459. The number of carbonyl (C=O) groups excluding carboxylic acids is 1. The third kappa shape index (κ3) is 3.83. The Hall–Kier alpha value is -1.39. The molecule has 4 nitrogen and oxygen atoms in total. The van der Waals surface area contributed by atoms with E-state index in [0.717, 1.165) is 5.56 Å². The topological polar surface area (TPSA) is 44.8 Å². The lowest BCUT2D eigenvalue weighted by molar-refractivity contribution is -0.233. The van der Waals surface area contributed by atoms with Crippen LogP contribution in [0.3, 0.4) is 0 Å². The van der Waals surface area contributed by atoms with E-state index < -0.39 is 5.41 Å². The molecule has 1 heterocycles. The largest absolute Gasteiger partial charge is 0.457 e. The molecule has 0 radical (unpaired) electrons. The van der Waals surface area contributed by atoms with Crippen LogP contribution in [0.15, 0.2) is 30.3 Å². The Kier molecular flexibility index (Phi) is 5.01. The Morgan fingerprint density at radius 1 is 1.19 bits per heavy atom. The lowest BCUT2D eigenvalue weighted by atomic mass is 9.81. The number of benzene rings is 1. The summed E-state index contributed by atoms with van der Waals surface area (Å²) in [5, 5.41) is 0. The van der Waals surface area contributed by atoms with Crippen LogP contribution in [0.2, 0.25) is 0 Å². The molecule has 0 amide bonds. The second-order valence-corrected chi connectivity index (χ2v) is 6.31. The first-order valence-corrected chi connectivity index (χ1v) is 7.40. The highest BCUT2D eigenvalue weighted by molar-refractivity contribution is 5.76. The van der Waals surface area contributed by atoms with Crippen LogP contribution in [0.25, 0.3) is 0 Å². The third-order valence-corrected chi connectivity index (χ3v) is 4.18. The summed E-state index contributed by atoms with van der Waals surface area (Å²) in [5.41, 5.74) is 0.473. The lowest BCUT2D eigenvalue weighted by Gasteiger charge is -2.33. The highest BCUT2D eigenvalue weighted by atomic mass is 16.7. The minimum atomic E-state index is -0.504. The van der Waals surface area contributed by atoms with Gasteiger partial charge in [0.1, 0.15) is 6.10 Å². The van der Waals surface area contributed by atoms with Crippen molar-refractivity contribution in [2.24, 2.45) is 11.3 Å². The molecule has 0 aromatic heterocycles. The average molecular weight is 292 g/mol. The third-order valence-electron chi connectivity index (χ3n) is 4.18. The summed E-state index contributed by atoms with van der Waals surface area (Å²) < 4.78 is 16.8. The molecular formula is C17H24O4. The van der Waals surface area contributed by atoms with Crippen LogP contribution in [0.5, 0.6) is 0 Å². The maximum Gasteiger partial charge on any atom is 0.312 e. The number of esters is 1. The average Bonchev–Trinajstić information content (AvgIpc) is 2.48. The Balaban J connectivity index is 1.86. The second-order valence-electron chi connectivity index (χ2n) is 6.31. The van der Waals surface area contributed by atoms with E-state index in [1.165, 1.54) is 0 Å². The minimum absolute atomic E-state index is 0.201. The summed E-state index contributed by atoms with van der Waals surface area (Å²) >= 11 is 0. The second kappa shape index (κ2) is 6.58. The van der Waals surface area contributed by atoms with Crippen molar-refractivity contribution in [3.63, 3.8) is 0 Å². The number of rotatable bonds is 4. The van der Waals surface area contributed by atoms with Gasteiger partial charge in [-0.1, -0.05) is 44.2 Å². The molecule has 0 unspecified atom stereocenters. The van der Waals surface area contributed by atoms with Crippen molar-refractivity contribution in [1.29, 1.82) is 0 Å². The first-order chi connectivity index (χ1) is 9.91. The van der Waals surface area contributed by atoms with Crippen LogP contribution in [-0.4, -0.2) is 25.3 Å². The van der Waals surface area contributed by atoms with E-state index in [1.54, 1.807) is 0 Å². The SMILES string of the molecule is CC(C)C(C)(C)C(=O)OC1COC(c2ccccc2)OC1. The maximum atomic E-state index is 12.2. The number of hydrogen-bond acceptors (Lipinski definition) is 4. The summed E-state index contributed by atoms with van der Waals surface area (Å²) in [4.78, 5) is 12.2. The van der Waals surface area contributed by atoms with Gasteiger partial charge in [-0.05, 0) is 19.8 Å². The fourth-order valence-electron chi connectivity index (χ4n) is 1.90. The molecule has 1 aliphatic rings. The zero-order valence-electron chi connectivity index (χ0n) is 13.2. The number of carbonyl (C=O) groups is 1. The van der Waals surface area contributed by atoms with Crippen LogP contribution in [-0.2, 0) is 19.0 Å². The summed E-state index contributed by atoms with van der Waals surface area (Å²) in [6.45, 7) is 8.55. The fraction of sp³-hybridized carbons (Fsp3) is 0.588. The molecule has 1 aliphatic heterocycles. The molecular weight excluding hydrogens is 268 g/mol. The van der Waals surface area contributed by atoms with Gasteiger partial charge in [-0.25, -0.2) is 0 Å². The predicted molar refractivity (Wildman–Crippen MR) is 79.6 cm³/mol. The predicted octanol–water partition coefficient (Wildman–Crippen LogP) is 3.33. The molecule has 1 fully saturated rings. The molecule has 1 aromatic carbocycles. The van der Waals surface area contributed by atoms with Gasteiger partial charge in [0, 0.05) is 5.56 Å². The Morgan fingerprint density at radius 2 is 1.76 bits per heavy atom. The van der Waals surface area contributed by atoms with E-state index in [2.05, 4.69) is 0 Å². The van der Waals surface area contributed by atoms with Crippen molar-refractivity contribution >= 4 is 5.97 Å². The molecule has 0 atom stereocenters. The van der Waals surface area contributed by atoms with Crippen molar-refractivity contribution in [3.8, 4) is 0 Å². The Morgan fingerprint density at radius 3 is 2.29 bits per heavy atom. The standard InChI is InChI=1S/C17H24O4/c1-12(2)17(3,4)16(18)21-14-10-19-15(20-11-14)13-8-6-5-7-9-13/h5-9,12,14-15H,10-11H2,1-4H3. The van der Waals surface area contributed by atoms with Crippen LogP contribution in [0.1, 0.15) is 39.5 Å². The van der Waals surface area contributed by atoms with E-state index in [9.17, 15) is 4.79 Å². The fourth-order valence-corrected chi connectivity index (χ4v) is 1.90. The Labute approximate surface area is 126 Å². The van der Waals surface area contributed by atoms with E-state index in [0.29, 0.717) is 13.2 Å². The van der Waals surface area contributed by atoms with Crippen LogP contribution in [0, 0.1) is 11.3 Å². The molecule has 0 saturated carbocycles. The highest BCUT2D eigenvalue weighted by Crippen LogP contribution is 2.29. The van der Waals surface area contributed by atoms with Crippen LogP contribution < -0.4 is 0 Å². The van der Waals surface area contributed by atoms with Crippen LogP contribution in [0.4, 0.5) is 0 Å². The summed E-state index contributed by atoms with van der Waals surface area (Å²) in [6.07, 6.45) is -0.713. The van der Waals surface area contributed by atoms with Gasteiger partial charge < -0.3 is 14.2 Å². The molecule has 21 heavy (non-hydrogen) atoms. The first-order valence-electron chi connectivity index (χ1n) is 7.40. The molecule has 2 rings (SSSR count). The maximum absolute atomic E-state index is 12.2. The van der Waals surface area contributed by atoms with Crippen molar-refractivity contribution in [3.05, 3.63) is 35.9 Å². The van der Waals surface area contributed by atoms with Gasteiger partial charge >= 0.3 is 5.97 Å². The normalized spacial score (nSPS) is 23.1. The first kappa shape index (κ1) is 16.0. The monoisotopic (exact) mass is 292 g/mol. The lowest BCUT2D eigenvalue weighted by Crippen LogP contribution is -2.40. The van der Waals surface area contributed by atoms with E-state index in [-0.39, 0.29) is 24.3 Å². The molecule has 0 bridgehead atoms. The summed E-state index contributed by atoms with van der Waals surface area (Å²) in [5.74, 6) is 0.0142. The molecule has 0 spiro atoms. The van der Waals surface area contributed by atoms with Gasteiger partial charge in [0.25, 0.3) is 0 Å². The smallest absolute Gasteiger partial charge is 0.312 e. The molecule has 1 aromatic rings. The van der Waals surface area contributed by atoms with Gasteiger partial charge in [-0.2, -0.15) is 0 Å². The van der Waals surface area contributed by atoms with Gasteiger partial charge in [0.2, 0.25) is 0 Å². The van der Waals surface area contributed by atoms with Crippen molar-refractivity contribution in [2.45, 2.75) is 40.1 Å². The van der Waals surface area contributed by atoms with E-state index in [4.69, 9.17) is 14.2 Å². The quantitative estimate of drug-likeness (QED) is 0.799. The zero-order valence-corrected chi connectivity index (χ0v) is 13.2. The number of hydrogen-bond donors (Lipinski definition) is 0. The van der Waals surface area contributed by atoms with Crippen molar-refractivity contribution in [1.82, 2.24) is 0 Å². The van der Waals surface area contributed by atoms with Crippen molar-refractivity contribution < 1.29 is 19.0 Å².